The van der Waals surface area contributed by atoms with Gasteiger partial charge in [0, 0.05) is 18.3 Å². The van der Waals surface area contributed by atoms with Crippen LogP contribution in [0.3, 0.4) is 0 Å². The molecule has 4 unspecified atom stereocenters. The zero-order valence-corrected chi connectivity index (χ0v) is 15.3. The highest BCUT2D eigenvalue weighted by atomic mass is 16.6. The Balaban J connectivity index is 1.85. The van der Waals surface area contributed by atoms with Crippen LogP contribution in [0, 0.1) is 22.0 Å². The van der Waals surface area contributed by atoms with Crippen LogP contribution in [0.15, 0.2) is 48.7 Å². The summed E-state index contributed by atoms with van der Waals surface area (Å²) >= 11 is 0. The molecule has 2 aliphatic rings. The number of aliphatic hydroxyl groups excluding tert-OH is 1. The molecule has 2 aromatic rings. The van der Waals surface area contributed by atoms with Gasteiger partial charge in [0.15, 0.2) is 5.54 Å². The van der Waals surface area contributed by atoms with E-state index < -0.39 is 52.7 Å². The van der Waals surface area contributed by atoms with Crippen LogP contribution in [-0.4, -0.2) is 50.0 Å². The maximum Gasteiger partial charge on any atom is 0.327 e. The standard InChI is InChI=1S/C19H16N4O7/c24-9-19(18(27)28)14-13(15(21-19)12-6-1-2-7-20-12)16(25)22(17(14)26)10-4-3-5-11(8-10)23(29)30/h1-8,13-15,21,24H,9H2,(H,27,28). The van der Waals surface area contributed by atoms with Crippen LogP contribution >= 0.6 is 0 Å². The molecule has 1 aromatic carbocycles. The molecule has 3 heterocycles. The van der Waals surface area contributed by atoms with E-state index >= 15 is 0 Å². The minimum absolute atomic E-state index is 0.0365. The zero-order chi connectivity index (χ0) is 21.6. The Labute approximate surface area is 169 Å². The van der Waals surface area contributed by atoms with E-state index in [0.29, 0.717) is 5.69 Å². The molecule has 30 heavy (non-hydrogen) atoms. The van der Waals surface area contributed by atoms with Gasteiger partial charge in [0.2, 0.25) is 11.8 Å². The average molecular weight is 412 g/mol. The Bertz CT molecular complexity index is 1060. The molecule has 0 radical (unpaired) electrons. The van der Waals surface area contributed by atoms with E-state index in [9.17, 15) is 34.7 Å². The van der Waals surface area contributed by atoms with Crippen LogP contribution < -0.4 is 10.2 Å². The summed E-state index contributed by atoms with van der Waals surface area (Å²) < 4.78 is 0. The monoisotopic (exact) mass is 412 g/mol. The number of carboxylic acid groups (broad SMARTS) is 1. The van der Waals surface area contributed by atoms with E-state index in [4.69, 9.17) is 0 Å². The zero-order valence-electron chi connectivity index (χ0n) is 15.3. The van der Waals surface area contributed by atoms with Gasteiger partial charge in [-0.2, -0.15) is 0 Å². The maximum absolute atomic E-state index is 13.3. The summed E-state index contributed by atoms with van der Waals surface area (Å²) in [6, 6.07) is 8.89. The first-order valence-corrected chi connectivity index (χ1v) is 8.97. The third-order valence-electron chi connectivity index (χ3n) is 5.59. The summed E-state index contributed by atoms with van der Waals surface area (Å²) in [5.74, 6) is -5.63. The molecule has 0 bridgehead atoms. The Morgan fingerprint density at radius 3 is 2.60 bits per heavy atom. The van der Waals surface area contributed by atoms with Gasteiger partial charge in [0.05, 0.1) is 40.8 Å². The third kappa shape index (κ3) is 2.67. The lowest BCUT2D eigenvalue weighted by atomic mass is 9.80. The fraction of sp³-hybridized carbons (Fsp3) is 0.263. The molecule has 0 aliphatic carbocycles. The summed E-state index contributed by atoms with van der Waals surface area (Å²) in [5, 5.41) is 33.6. The fourth-order valence-electron chi connectivity index (χ4n) is 4.23. The predicted molar refractivity (Wildman–Crippen MR) is 100 cm³/mol. The van der Waals surface area contributed by atoms with Crippen LogP contribution in [-0.2, 0) is 14.4 Å². The predicted octanol–water partition coefficient (Wildman–Crippen LogP) is 0.256. The highest BCUT2D eigenvalue weighted by Crippen LogP contribution is 2.49. The highest BCUT2D eigenvalue weighted by Gasteiger charge is 2.69. The first-order valence-electron chi connectivity index (χ1n) is 8.97. The maximum atomic E-state index is 13.3. The largest absolute Gasteiger partial charge is 0.480 e. The van der Waals surface area contributed by atoms with Crippen molar-refractivity contribution in [1.29, 1.82) is 0 Å². The number of nitrogens with one attached hydrogen (secondary N) is 1. The van der Waals surface area contributed by atoms with Crippen molar-refractivity contribution in [3.05, 3.63) is 64.5 Å². The van der Waals surface area contributed by atoms with E-state index in [-0.39, 0.29) is 11.4 Å². The highest BCUT2D eigenvalue weighted by molar-refractivity contribution is 6.24. The number of nitro groups is 1. The van der Waals surface area contributed by atoms with E-state index in [2.05, 4.69) is 10.3 Å². The van der Waals surface area contributed by atoms with Crippen LogP contribution in [0.5, 0.6) is 0 Å². The first kappa shape index (κ1) is 19.6. The fourth-order valence-corrected chi connectivity index (χ4v) is 4.23. The second-order valence-electron chi connectivity index (χ2n) is 7.10. The average Bonchev–Trinajstić information content (AvgIpc) is 3.23. The number of aliphatic carboxylic acids is 1. The Kier molecular flexibility index (Phi) is 4.56. The number of aliphatic hydroxyl groups is 1. The van der Waals surface area contributed by atoms with Crippen molar-refractivity contribution in [2.24, 2.45) is 11.8 Å². The van der Waals surface area contributed by atoms with Crippen molar-refractivity contribution >= 4 is 29.2 Å². The molecule has 0 spiro atoms. The number of hydrogen-bond donors (Lipinski definition) is 3. The van der Waals surface area contributed by atoms with E-state index in [1.165, 1.54) is 24.4 Å². The van der Waals surface area contributed by atoms with Crippen molar-refractivity contribution < 1.29 is 29.5 Å². The second kappa shape index (κ2) is 6.97. The van der Waals surface area contributed by atoms with E-state index in [1.54, 1.807) is 18.2 Å². The molecule has 11 heteroatoms. The molecule has 3 N–H and O–H groups in total. The van der Waals surface area contributed by atoms with Gasteiger partial charge in [-0.15, -0.1) is 0 Å². The number of nitro benzene ring substituents is 1. The Morgan fingerprint density at radius 2 is 2.00 bits per heavy atom. The number of nitrogens with zero attached hydrogens (tertiary/aromatic N) is 3. The molecule has 2 saturated heterocycles. The molecule has 4 atom stereocenters. The molecule has 1 aromatic heterocycles. The van der Waals surface area contributed by atoms with E-state index in [0.717, 1.165) is 11.0 Å². The molecule has 4 rings (SSSR count). The van der Waals surface area contributed by atoms with Crippen molar-refractivity contribution in [3.63, 3.8) is 0 Å². The number of carboxylic acids is 1. The quantitative estimate of drug-likeness (QED) is 0.355. The normalized spacial score (nSPS) is 27.9. The number of aromatic nitrogens is 1. The summed E-state index contributed by atoms with van der Waals surface area (Å²) in [4.78, 5) is 54.0. The topological polar surface area (TPSA) is 163 Å². The number of benzene rings is 1. The van der Waals surface area contributed by atoms with Gasteiger partial charge in [-0.05, 0) is 18.2 Å². The molecule has 154 valence electrons. The van der Waals surface area contributed by atoms with Gasteiger partial charge < -0.3 is 10.2 Å². The summed E-state index contributed by atoms with van der Waals surface area (Å²) in [7, 11) is 0. The van der Waals surface area contributed by atoms with Crippen LogP contribution in [0.25, 0.3) is 0 Å². The van der Waals surface area contributed by atoms with Gasteiger partial charge in [0.25, 0.3) is 5.69 Å². The molecule has 11 nitrogen and oxygen atoms in total. The van der Waals surface area contributed by atoms with Gasteiger partial charge in [-0.3, -0.25) is 34.8 Å². The number of hydrogen-bond acceptors (Lipinski definition) is 8. The van der Waals surface area contributed by atoms with Crippen molar-refractivity contribution in [2.75, 3.05) is 11.5 Å². The molecule has 2 aliphatic heterocycles. The van der Waals surface area contributed by atoms with Crippen molar-refractivity contribution in [3.8, 4) is 0 Å². The number of pyridine rings is 1. The minimum Gasteiger partial charge on any atom is -0.480 e. The number of non-ortho nitro benzene ring substituents is 1. The van der Waals surface area contributed by atoms with Crippen molar-refractivity contribution in [1.82, 2.24) is 10.3 Å². The van der Waals surface area contributed by atoms with Gasteiger partial charge in [-0.25, -0.2) is 4.90 Å². The lowest BCUT2D eigenvalue weighted by molar-refractivity contribution is -0.384. The third-order valence-corrected chi connectivity index (χ3v) is 5.59. The van der Waals surface area contributed by atoms with Gasteiger partial charge >= 0.3 is 5.97 Å². The van der Waals surface area contributed by atoms with Gasteiger partial charge in [0.1, 0.15) is 0 Å². The number of carbonyl (C=O) groups excluding carboxylic acids is 2. The van der Waals surface area contributed by atoms with Gasteiger partial charge in [-0.1, -0.05) is 12.1 Å². The summed E-state index contributed by atoms with van der Waals surface area (Å²) in [6.45, 7) is -0.936. The number of amides is 2. The molecular formula is C19H16N4O7. The van der Waals surface area contributed by atoms with Crippen molar-refractivity contribution in [2.45, 2.75) is 11.6 Å². The van der Waals surface area contributed by atoms with E-state index in [1.807, 2.05) is 0 Å². The molecule has 0 saturated carbocycles. The SMILES string of the molecule is O=C1C2C(c3ccccn3)NC(CO)(C(=O)O)C2C(=O)N1c1cccc([N+](=O)[O-])c1. The molecule has 2 amide bonds. The Hall–Kier alpha value is -3.70. The van der Waals surface area contributed by atoms with Crippen LogP contribution in [0.2, 0.25) is 0 Å². The molecular weight excluding hydrogens is 396 g/mol. The van der Waals surface area contributed by atoms with Crippen LogP contribution in [0.4, 0.5) is 11.4 Å². The summed E-state index contributed by atoms with van der Waals surface area (Å²) in [5.41, 5.74) is -2.12. The second-order valence-corrected chi connectivity index (χ2v) is 7.10. The minimum atomic E-state index is -2.10. The van der Waals surface area contributed by atoms with Crippen LogP contribution in [0.1, 0.15) is 11.7 Å². The number of carbonyl (C=O) groups is 3. The number of rotatable bonds is 5. The lowest BCUT2D eigenvalue weighted by Crippen LogP contribution is -2.58. The Morgan fingerprint density at radius 1 is 1.23 bits per heavy atom. The summed E-state index contributed by atoms with van der Waals surface area (Å²) in [6.07, 6.45) is 1.46. The molecule has 2 fully saturated rings. The first-order chi connectivity index (χ1) is 14.3. The lowest BCUT2D eigenvalue weighted by Gasteiger charge is -2.29. The number of anilines is 1. The smallest absolute Gasteiger partial charge is 0.327 e. The number of imide groups is 1. The number of fused-ring (bicyclic) bond motifs is 1.